The average molecular weight is 311 g/mol. The van der Waals surface area contributed by atoms with Crippen LogP contribution in [0.5, 0.6) is 0 Å². The lowest BCUT2D eigenvalue weighted by atomic mass is 10.1. The summed E-state index contributed by atoms with van der Waals surface area (Å²) in [7, 11) is 1.86. The van der Waals surface area contributed by atoms with E-state index in [1.807, 2.05) is 25.6 Å². The number of aromatic nitrogens is 3. The normalized spacial score (nSPS) is 12.6. The van der Waals surface area contributed by atoms with Gasteiger partial charge in [-0.15, -0.1) is 0 Å². The van der Waals surface area contributed by atoms with Crippen LogP contribution in [0.2, 0.25) is 5.02 Å². The molecule has 4 nitrogen and oxygen atoms in total. The van der Waals surface area contributed by atoms with E-state index in [1.54, 1.807) is 6.07 Å². The lowest BCUT2D eigenvalue weighted by Gasteiger charge is -2.16. The molecule has 2 rings (SSSR count). The van der Waals surface area contributed by atoms with Crippen LogP contribution in [0.3, 0.4) is 0 Å². The summed E-state index contributed by atoms with van der Waals surface area (Å²) in [6.07, 6.45) is 2.70. The molecule has 0 bridgehead atoms. The highest BCUT2D eigenvalue weighted by Crippen LogP contribution is 2.26. The van der Waals surface area contributed by atoms with E-state index in [2.05, 4.69) is 15.4 Å². The summed E-state index contributed by atoms with van der Waals surface area (Å²) in [4.78, 5) is 4.15. The summed E-state index contributed by atoms with van der Waals surface area (Å²) >= 11 is 6.43. The molecule has 2 aromatic rings. The van der Waals surface area contributed by atoms with Gasteiger partial charge in [-0.25, -0.2) is 4.39 Å². The van der Waals surface area contributed by atoms with E-state index in [1.165, 1.54) is 12.3 Å². The molecule has 0 amide bonds. The van der Waals surface area contributed by atoms with Crippen molar-refractivity contribution in [3.05, 3.63) is 46.3 Å². The van der Waals surface area contributed by atoms with Crippen LogP contribution >= 0.6 is 11.6 Å². The first-order valence-corrected chi connectivity index (χ1v) is 7.51. The van der Waals surface area contributed by atoms with E-state index in [0.29, 0.717) is 6.42 Å². The third-order valence-electron chi connectivity index (χ3n) is 3.55. The molecule has 1 unspecified atom stereocenters. The van der Waals surface area contributed by atoms with Crippen LogP contribution in [0, 0.1) is 5.82 Å². The Morgan fingerprint density at radius 2 is 2.14 bits per heavy atom. The van der Waals surface area contributed by atoms with E-state index in [-0.39, 0.29) is 11.9 Å². The molecule has 114 valence electrons. The molecular weight excluding hydrogens is 291 g/mol. The Morgan fingerprint density at radius 3 is 2.67 bits per heavy atom. The lowest BCUT2D eigenvalue weighted by molar-refractivity contribution is 0.527. The first-order chi connectivity index (χ1) is 10.1. The van der Waals surface area contributed by atoms with Crippen molar-refractivity contribution in [2.75, 3.05) is 7.05 Å². The maximum atomic E-state index is 13.0. The molecule has 0 aliphatic carbocycles. The monoisotopic (exact) mass is 310 g/mol. The number of likely N-dealkylation sites (N-methyl/N-ethyl adjacent to an activating group) is 1. The van der Waals surface area contributed by atoms with E-state index in [0.717, 1.165) is 35.1 Å². The summed E-state index contributed by atoms with van der Waals surface area (Å²) in [6, 6.07) is 3.08. The number of hydrogen-bond donors (Lipinski definition) is 1. The van der Waals surface area contributed by atoms with Gasteiger partial charge in [-0.3, -0.25) is 9.67 Å². The highest BCUT2D eigenvalue weighted by atomic mass is 35.5. The second-order valence-electron chi connectivity index (χ2n) is 4.82. The highest BCUT2D eigenvalue weighted by molar-refractivity contribution is 6.31. The van der Waals surface area contributed by atoms with Gasteiger partial charge in [0.05, 0.1) is 34.3 Å². The molecule has 1 atom stereocenters. The standard InChI is InChI=1S/C15H20ClFN4/c1-4-11-15(16)14(21(5-2)20-11)8-13(18-3)12-7-6-10(17)9-19-12/h6-7,9,13,18H,4-5,8H2,1-3H3. The second-order valence-corrected chi connectivity index (χ2v) is 5.20. The Bertz CT molecular complexity index is 594. The van der Waals surface area contributed by atoms with Crippen LogP contribution in [0.4, 0.5) is 4.39 Å². The Hall–Kier alpha value is -1.46. The zero-order valence-electron chi connectivity index (χ0n) is 12.5. The van der Waals surface area contributed by atoms with Crippen molar-refractivity contribution in [3.8, 4) is 0 Å². The summed E-state index contributed by atoms with van der Waals surface area (Å²) in [6.45, 7) is 4.84. The van der Waals surface area contributed by atoms with Crippen molar-refractivity contribution >= 4 is 11.6 Å². The molecule has 6 heteroatoms. The number of nitrogens with zero attached hydrogens (tertiary/aromatic N) is 3. The van der Waals surface area contributed by atoms with Gasteiger partial charge in [0.25, 0.3) is 0 Å². The zero-order chi connectivity index (χ0) is 15.4. The maximum Gasteiger partial charge on any atom is 0.141 e. The van der Waals surface area contributed by atoms with Crippen molar-refractivity contribution in [2.24, 2.45) is 0 Å². The number of aryl methyl sites for hydroxylation is 2. The minimum Gasteiger partial charge on any atom is -0.311 e. The third-order valence-corrected chi connectivity index (χ3v) is 3.98. The van der Waals surface area contributed by atoms with Gasteiger partial charge in [0, 0.05) is 13.0 Å². The Kier molecular flexibility index (Phi) is 5.31. The average Bonchev–Trinajstić information content (AvgIpc) is 2.81. The number of halogens is 2. The number of rotatable bonds is 6. The van der Waals surface area contributed by atoms with Gasteiger partial charge in [0.15, 0.2) is 0 Å². The molecule has 2 heterocycles. The van der Waals surface area contributed by atoms with E-state index < -0.39 is 0 Å². The lowest BCUT2D eigenvalue weighted by Crippen LogP contribution is -2.21. The fourth-order valence-electron chi connectivity index (χ4n) is 2.35. The third kappa shape index (κ3) is 3.41. The van der Waals surface area contributed by atoms with Crippen LogP contribution in [0.1, 0.15) is 37.0 Å². The first-order valence-electron chi connectivity index (χ1n) is 7.13. The summed E-state index contributed by atoms with van der Waals surface area (Å²) in [5, 5.41) is 8.45. The predicted octanol–water partition coefficient (Wildman–Crippen LogP) is 3.16. The van der Waals surface area contributed by atoms with Crippen LogP contribution in [0.15, 0.2) is 18.3 Å². The Morgan fingerprint density at radius 1 is 1.38 bits per heavy atom. The van der Waals surface area contributed by atoms with Crippen LogP contribution < -0.4 is 5.32 Å². The maximum absolute atomic E-state index is 13.0. The van der Waals surface area contributed by atoms with Crippen LogP contribution in [0.25, 0.3) is 0 Å². The van der Waals surface area contributed by atoms with Crippen molar-refractivity contribution in [3.63, 3.8) is 0 Å². The zero-order valence-corrected chi connectivity index (χ0v) is 13.3. The Balaban J connectivity index is 2.30. The molecule has 21 heavy (non-hydrogen) atoms. The smallest absolute Gasteiger partial charge is 0.141 e. The molecule has 0 fully saturated rings. The van der Waals surface area contributed by atoms with Crippen LogP contribution in [-0.2, 0) is 19.4 Å². The van der Waals surface area contributed by atoms with E-state index in [4.69, 9.17) is 11.6 Å². The summed E-state index contributed by atoms with van der Waals surface area (Å²) in [5.41, 5.74) is 2.69. The molecule has 0 aliphatic heterocycles. The van der Waals surface area contributed by atoms with Gasteiger partial charge < -0.3 is 5.32 Å². The number of nitrogens with one attached hydrogen (secondary N) is 1. The molecule has 1 N–H and O–H groups in total. The first kappa shape index (κ1) is 15.9. The fourth-order valence-corrected chi connectivity index (χ4v) is 2.70. The SMILES string of the molecule is CCc1nn(CC)c(CC(NC)c2ccc(F)cn2)c1Cl. The fraction of sp³-hybridized carbons (Fsp3) is 0.467. The molecule has 0 spiro atoms. The molecule has 0 saturated carbocycles. The van der Waals surface area contributed by atoms with Gasteiger partial charge in [0.1, 0.15) is 5.82 Å². The highest BCUT2D eigenvalue weighted by Gasteiger charge is 2.20. The number of pyridine rings is 1. The largest absolute Gasteiger partial charge is 0.311 e. The van der Waals surface area contributed by atoms with Gasteiger partial charge >= 0.3 is 0 Å². The van der Waals surface area contributed by atoms with Crippen molar-refractivity contribution in [1.29, 1.82) is 0 Å². The summed E-state index contributed by atoms with van der Waals surface area (Å²) < 4.78 is 14.9. The molecule has 0 saturated heterocycles. The van der Waals surface area contributed by atoms with Gasteiger partial charge in [-0.05, 0) is 32.5 Å². The number of hydrogen-bond acceptors (Lipinski definition) is 3. The molecule has 0 aliphatic rings. The minimum atomic E-state index is -0.335. The van der Waals surface area contributed by atoms with Crippen molar-refractivity contribution in [2.45, 2.75) is 39.3 Å². The van der Waals surface area contributed by atoms with E-state index in [9.17, 15) is 4.39 Å². The molecular formula is C15H20ClFN4. The van der Waals surface area contributed by atoms with Crippen molar-refractivity contribution in [1.82, 2.24) is 20.1 Å². The quantitative estimate of drug-likeness (QED) is 0.891. The predicted molar refractivity (Wildman–Crippen MR) is 82.0 cm³/mol. The second kappa shape index (κ2) is 7.00. The van der Waals surface area contributed by atoms with Gasteiger partial charge in [-0.1, -0.05) is 18.5 Å². The molecule has 2 aromatic heterocycles. The van der Waals surface area contributed by atoms with Crippen LogP contribution in [-0.4, -0.2) is 21.8 Å². The molecule has 0 aromatic carbocycles. The van der Waals surface area contributed by atoms with Crippen molar-refractivity contribution < 1.29 is 4.39 Å². The minimum absolute atomic E-state index is 0.0326. The van der Waals surface area contributed by atoms with Gasteiger partial charge in [-0.2, -0.15) is 5.10 Å². The Labute approximate surface area is 129 Å². The summed E-state index contributed by atoms with van der Waals surface area (Å²) in [5.74, 6) is -0.335. The topological polar surface area (TPSA) is 42.7 Å². The van der Waals surface area contributed by atoms with E-state index >= 15 is 0 Å². The molecule has 0 radical (unpaired) electrons. The van der Waals surface area contributed by atoms with Gasteiger partial charge in [0.2, 0.25) is 0 Å².